The molecule has 6 nitrogen and oxygen atoms in total. The van der Waals surface area contributed by atoms with E-state index in [1.807, 2.05) is 0 Å². The van der Waals surface area contributed by atoms with Crippen molar-refractivity contribution in [2.75, 3.05) is 31.6 Å². The van der Waals surface area contributed by atoms with E-state index in [4.69, 9.17) is 17.0 Å². The zero-order chi connectivity index (χ0) is 18.7. The van der Waals surface area contributed by atoms with Crippen molar-refractivity contribution >= 4 is 33.0 Å². The molecule has 0 bridgehead atoms. The van der Waals surface area contributed by atoms with Gasteiger partial charge in [-0.1, -0.05) is 0 Å². The van der Waals surface area contributed by atoms with Crippen LogP contribution in [-0.2, 0) is 14.8 Å². The lowest BCUT2D eigenvalue weighted by molar-refractivity contribution is 0.0730. The van der Waals surface area contributed by atoms with Gasteiger partial charge in [0, 0.05) is 30.9 Å². The Balaban J connectivity index is 1.68. The number of sulfonamides is 1. The number of piperidine rings is 1. The summed E-state index contributed by atoms with van der Waals surface area (Å²) in [7, 11) is -3.46. The third-order valence-corrected chi connectivity index (χ3v) is 7.37. The largest absolute Gasteiger partial charge is 0.379 e. The topological polar surface area (TPSA) is 61.9 Å². The smallest absolute Gasteiger partial charge is 0.243 e. The van der Waals surface area contributed by atoms with Crippen molar-refractivity contribution in [3.63, 3.8) is 0 Å². The van der Waals surface area contributed by atoms with E-state index in [0.29, 0.717) is 48.4 Å². The molecular weight excluding hydrogens is 370 g/mol. The van der Waals surface area contributed by atoms with Crippen molar-refractivity contribution in [2.45, 2.75) is 50.1 Å². The quantitative estimate of drug-likeness (QED) is 0.792. The van der Waals surface area contributed by atoms with Gasteiger partial charge in [-0.2, -0.15) is 4.31 Å². The Kier molecular flexibility index (Phi) is 6.17. The van der Waals surface area contributed by atoms with Gasteiger partial charge < -0.3 is 15.0 Å². The molecule has 144 valence electrons. The fraction of sp³-hybridized carbons (Fsp3) is 0.611. The minimum atomic E-state index is -3.46. The van der Waals surface area contributed by atoms with Crippen LogP contribution < -0.4 is 5.32 Å². The van der Waals surface area contributed by atoms with Crippen molar-refractivity contribution in [3.8, 4) is 0 Å². The average Bonchev–Trinajstić information content (AvgIpc) is 2.63. The fourth-order valence-corrected chi connectivity index (χ4v) is 5.54. The van der Waals surface area contributed by atoms with Crippen LogP contribution in [-0.4, -0.2) is 61.1 Å². The first-order valence-electron chi connectivity index (χ1n) is 9.17. The third-order valence-electron chi connectivity index (χ3n) is 5.14. The molecule has 0 radical (unpaired) electrons. The second kappa shape index (κ2) is 8.21. The van der Waals surface area contributed by atoms with Crippen molar-refractivity contribution in [1.29, 1.82) is 0 Å². The van der Waals surface area contributed by atoms with Gasteiger partial charge in [0.25, 0.3) is 0 Å². The molecule has 0 saturated carbocycles. The maximum Gasteiger partial charge on any atom is 0.243 e. The monoisotopic (exact) mass is 397 g/mol. The van der Waals surface area contributed by atoms with E-state index in [1.165, 1.54) is 10.7 Å². The summed E-state index contributed by atoms with van der Waals surface area (Å²) in [4.78, 5) is 2.55. The van der Waals surface area contributed by atoms with E-state index in [0.717, 1.165) is 18.5 Å². The molecular formula is C18H27N3O3S2. The fourth-order valence-electron chi connectivity index (χ4n) is 3.66. The van der Waals surface area contributed by atoms with Crippen LogP contribution in [0.3, 0.4) is 0 Å². The average molecular weight is 398 g/mol. The lowest BCUT2D eigenvalue weighted by Crippen LogP contribution is -2.49. The SMILES string of the molecule is CC1CCCC(C)N1C(=S)Nc1ccc(S(=O)(=O)N2CCOCC2)cc1. The molecule has 0 amide bonds. The summed E-state index contributed by atoms with van der Waals surface area (Å²) in [6.07, 6.45) is 3.52. The number of hydrogen-bond donors (Lipinski definition) is 1. The molecule has 0 aromatic heterocycles. The highest BCUT2D eigenvalue weighted by molar-refractivity contribution is 7.89. The van der Waals surface area contributed by atoms with Gasteiger partial charge in [0.1, 0.15) is 0 Å². The number of morpholine rings is 1. The van der Waals surface area contributed by atoms with Gasteiger partial charge in [-0.05, 0) is 69.6 Å². The first kappa shape index (κ1) is 19.5. The molecule has 0 aliphatic carbocycles. The van der Waals surface area contributed by atoms with E-state index in [9.17, 15) is 8.42 Å². The summed E-state index contributed by atoms with van der Waals surface area (Å²) in [5, 5.41) is 3.96. The standard InChI is InChI=1S/C18H27N3O3S2/c1-14-4-3-5-15(2)21(14)18(25)19-16-6-8-17(9-7-16)26(22,23)20-10-12-24-13-11-20/h6-9,14-15H,3-5,10-13H2,1-2H3,(H,19,25). The lowest BCUT2D eigenvalue weighted by Gasteiger charge is -2.40. The summed E-state index contributed by atoms with van der Waals surface area (Å²) in [6.45, 7) is 6.08. The molecule has 3 rings (SSSR count). The molecule has 1 aromatic rings. The number of anilines is 1. The normalized spacial score (nSPS) is 25.1. The highest BCUT2D eigenvalue weighted by atomic mass is 32.2. The highest BCUT2D eigenvalue weighted by Gasteiger charge is 2.28. The van der Waals surface area contributed by atoms with Crippen molar-refractivity contribution in [1.82, 2.24) is 9.21 Å². The molecule has 0 spiro atoms. The van der Waals surface area contributed by atoms with Gasteiger partial charge in [0.15, 0.2) is 5.11 Å². The van der Waals surface area contributed by atoms with Gasteiger partial charge in [-0.3, -0.25) is 0 Å². The van der Waals surface area contributed by atoms with Crippen LogP contribution >= 0.6 is 12.2 Å². The summed E-state index contributed by atoms with van der Waals surface area (Å²) < 4.78 is 32.0. The molecule has 2 saturated heterocycles. The molecule has 2 fully saturated rings. The van der Waals surface area contributed by atoms with Crippen molar-refractivity contribution in [2.24, 2.45) is 0 Å². The summed E-state index contributed by atoms with van der Waals surface area (Å²) in [6, 6.07) is 7.66. The number of nitrogens with zero attached hydrogens (tertiary/aromatic N) is 2. The Morgan fingerprint density at radius 2 is 1.69 bits per heavy atom. The first-order valence-corrected chi connectivity index (χ1v) is 11.0. The molecule has 1 aromatic carbocycles. The summed E-state index contributed by atoms with van der Waals surface area (Å²) >= 11 is 5.59. The Morgan fingerprint density at radius 1 is 1.12 bits per heavy atom. The molecule has 2 aliphatic rings. The number of benzene rings is 1. The molecule has 26 heavy (non-hydrogen) atoms. The van der Waals surface area contributed by atoms with E-state index < -0.39 is 10.0 Å². The van der Waals surface area contributed by atoms with Gasteiger partial charge >= 0.3 is 0 Å². The van der Waals surface area contributed by atoms with Crippen LogP contribution in [0.4, 0.5) is 5.69 Å². The van der Waals surface area contributed by atoms with Crippen LogP contribution in [0.25, 0.3) is 0 Å². The van der Waals surface area contributed by atoms with Crippen LogP contribution in [0.5, 0.6) is 0 Å². The minimum Gasteiger partial charge on any atom is -0.379 e. The number of nitrogens with one attached hydrogen (secondary N) is 1. The Bertz CT molecular complexity index is 721. The molecule has 8 heteroatoms. The second-order valence-corrected chi connectivity index (χ2v) is 9.33. The summed E-state index contributed by atoms with van der Waals surface area (Å²) in [5.41, 5.74) is 0.806. The van der Waals surface area contributed by atoms with E-state index >= 15 is 0 Å². The van der Waals surface area contributed by atoms with Gasteiger partial charge in [-0.25, -0.2) is 8.42 Å². The summed E-state index contributed by atoms with van der Waals surface area (Å²) in [5.74, 6) is 0. The predicted octanol–water partition coefficient (Wildman–Crippen LogP) is 2.67. The van der Waals surface area contributed by atoms with Crippen molar-refractivity contribution < 1.29 is 13.2 Å². The number of rotatable bonds is 3. The molecule has 2 unspecified atom stereocenters. The number of ether oxygens (including phenoxy) is 1. The molecule has 2 heterocycles. The first-order chi connectivity index (χ1) is 12.4. The number of likely N-dealkylation sites (tertiary alicyclic amines) is 1. The zero-order valence-corrected chi connectivity index (χ0v) is 17.0. The zero-order valence-electron chi connectivity index (χ0n) is 15.3. The number of hydrogen-bond acceptors (Lipinski definition) is 4. The van der Waals surface area contributed by atoms with Crippen LogP contribution in [0, 0.1) is 0 Å². The van der Waals surface area contributed by atoms with Gasteiger partial charge in [0.05, 0.1) is 18.1 Å². The Hall–Kier alpha value is -1.22. The van der Waals surface area contributed by atoms with Gasteiger partial charge in [-0.15, -0.1) is 0 Å². The highest BCUT2D eigenvalue weighted by Crippen LogP contribution is 2.24. The van der Waals surface area contributed by atoms with E-state index in [2.05, 4.69) is 24.1 Å². The minimum absolute atomic E-state index is 0.301. The maximum absolute atomic E-state index is 12.7. The van der Waals surface area contributed by atoms with Crippen LogP contribution in [0.15, 0.2) is 29.2 Å². The van der Waals surface area contributed by atoms with E-state index in [-0.39, 0.29) is 0 Å². The maximum atomic E-state index is 12.7. The Morgan fingerprint density at radius 3 is 2.27 bits per heavy atom. The van der Waals surface area contributed by atoms with Crippen LogP contribution in [0.2, 0.25) is 0 Å². The molecule has 1 N–H and O–H groups in total. The molecule has 2 atom stereocenters. The van der Waals surface area contributed by atoms with Crippen molar-refractivity contribution in [3.05, 3.63) is 24.3 Å². The predicted molar refractivity (Wildman–Crippen MR) is 107 cm³/mol. The molecule has 2 aliphatic heterocycles. The Labute approximate surface area is 161 Å². The number of thiocarbonyl (C=S) groups is 1. The second-order valence-electron chi connectivity index (χ2n) is 7.01. The third kappa shape index (κ3) is 4.19. The van der Waals surface area contributed by atoms with E-state index in [1.54, 1.807) is 24.3 Å². The van der Waals surface area contributed by atoms with Crippen LogP contribution in [0.1, 0.15) is 33.1 Å². The lowest BCUT2D eigenvalue weighted by atomic mass is 9.98. The van der Waals surface area contributed by atoms with Gasteiger partial charge in [0.2, 0.25) is 10.0 Å².